The van der Waals surface area contributed by atoms with Gasteiger partial charge in [-0.1, -0.05) is 6.92 Å². The lowest BCUT2D eigenvalue weighted by Gasteiger charge is -2.04. The molecule has 16 heavy (non-hydrogen) atoms. The lowest BCUT2D eigenvalue weighted by atomic mass is 10.1. The van der Waals surface area contributed by atoms with Crippen molar-refractivity contribution in [1.82, 2.24) is 4.98 Å². The third-order valence-corrected chi connectivity index (χ3v) is 5.77. The van der Waals surface area contributed by atoms with Crippen LogP contribution in [0.25, 0.3) is 0 Å². The Labute approximate surface area is 99.8 Å². The van der Waals surface area contributed by atoms with Crippen LogP contribution in [-0.2, 0) is 9.84 Å². The minimum absolute atomic E-state index is 0.105. The average molecular weight is 260 g/mol. The van der Waals surface area contributed by atoms with E-state index in [9.17, 15) is 8.42 Å². The number of sulfone groups is 1. The molecular weight excluding hydrogens is 244 g/mol. The topological polar surface area (TPSA) is 73.1 Å². The van der Waals surface area contributed by atoms with E-state index in [1.807, 2.05) is 12.3 Å². The van der Waals surface area contributed by atoms with E-state index in [0.29, 0.717) is 18.7 Å². The smallest absolute Gasteiger partial charge is 0.151 e. The Kier molecular flexibility index (Phi) is 3.32. The van der Waals surface area contributed by atoms with Crippen molar-refractivity contribution < 1.29 is 8.42 Å². The molecule has 2 N–H and O–H groups in total. The van der Waals surface area contributed by atoms with Crippen molar-refractivity contribution >= 4 is 21.2 Å². The number of rotatable bonds is 3. The summed E-state index contributed by atoms with van der Waals surface area (Å²) in [6.07, 6.45) is 0.715. The third-order valence-electron chi connectivity index (χ3n) is 2.98. The Bertz CT molecular complexity index is 467. The second-order valence-corrected chi connectivity index (χ2v) is 7.47. The first kappa shape index (κ1) is 12.0. The molecule has 4 nitrogen and oxygen atoms in total. The number of hydrogen-bond donors (Lipinski definition) is 1. The maximum absolute atomic E-state index is 11.4. The van der Waals surface area contributed by atoms with Gasteiger partial charge in [0.15, 0.2) is 9.84 Å². The van der Waals surface area contributed by atoms with Crippen molar-refractivity contribution in [2.45, 2.75) is 25.2 Å². The second kappa shape index (κ2) is 4.43. The van der Waals surface area contributed by atoms with Crippen LogP contribution in [0.2, 0.25) is 0 Å². The van der Waals surface area contributed by atoms with Gasteiger partial charge in [-0.2, -0.15) is 0 Å². The predicted molar refractivity (Wildman–Crippen MR) is 65.6 cm³/mol. The zero-order valence-corrected chi connectivity index (χ0v) is 10.9. The third kappa shape index (κ3) is 2.44. The van der Waals surface area contributed by atoms with Crippen molar-refractivity contribution in [3.05, 3.63) is 16.1 Å². The lowest BCUT2D eigenvalue weighted by molar-refractivity contribution is 0.601. The fourth-order valence-electron chi connectivity index (χ4n) is 1.83. The van der Waals surface area contributed by atoms with Crippen LogP contribution in [0.3, 0.4) is 0 Å². The lowest BCUT2D eigenvalue weighted by Crippen LogP contribution is -2.09. The van der Waals surface area contributed by atoms with Gasteiger partial charge in [0.25, 0.3) is 0 Å². The summed E-state index contributed by atoms with van der Waals surface area (Å²) >= 11 is 1.56. The molecule has 90 valence electrons. The van der Waals surface area contributed by atoms with Crippen LogP contribution >= 0.6 is 11.3 Å². The molecule has 2 heterocycles. The summed E-state index contributed by atoms with van der Waals surface area (Å²) in [5.74, 6) is 0.924. The molecular formula is C10H16N2O2S2. The van der Waals surface area contributed by atoms with Crippen LogP contribution in [0.1, 0.15) is 35.9 Å². The Morgan fingerprint density at radius 3 is 3.00 bits per heavy atom. The number of aromatic nitrogens is 1. The van der Waals surface area contributed by atoms with Gasteiger partial charge in [0, 0.05) is 23.8 Å². The maximum Gasteiger partial charge on any atom is 0.151 e. The summed E-state index contributed by atoms with van der Waals surface area (Å²) in [6.45, 7) is 2.61. The number of hydrogen-bond acceptors (Lipinski definition) is 5. The Balaban J connectivity index is 2.14. The average Bonchev–Trinajstić information content (AvgIpc) is 2.83. The van der Waals surface area contributed by atoms with Gasteiger partial charge in [0.2, 0.25) is 0 Å². The van der Waals surface area contributed by atoms with E-state index in [4.69, 9.17) is 5.73 Å². The van der Waals surface area contributed by atoms with E-state index in [0.717, 1.165) is 10.7 Å². The quantitative estimate of drug-likeness (QED) is 0.883. The largest absolute Gasteiger partial charge is 0.330 e. The fraction of sp³-hybridized carbons (Fsp3) is 0.700. The fourth-order valence-corrected chi connectivity index (χ4v) is 4.76. The summed E-state index contributed by atoms with van der Waals surface area (Å²) in [4.78, 5) is 4.50. The van der Waals surface area contributed by atoms with Gasteiger partial charge in [0.1, 0.15) is 0 Å². The minimum atomic E-state index is -2.82. The zero-order chi connectivity index (χ0) is 11.8. The molecule has 1 aliphatic heterocycles. The van der Waals surface area contributed by atoms with E-state index in [2.05, 4.69) is 4.98 Å². The van der Waals surface area contributed by atoms with Gasteiger partial charge in [-0.3, -0.25) is 0 Å². The molecule has 1 saturated heterocycles. The minimum Gasteiger partial charge on any atom is -0.330 e. The molecule has 0 bridgehead atoms. The summed E-state index contributed by atoms with van der Waals surface area (Å²) in [5.41, 5.74) is 6.57. The molecule has 0 radical (unpaired) electrons. The van der Waals surface area contributed by atoms with Crippen LogP contribution in [0.15, 0.2) is 5.38 Å². The number of thiazole rings is 1. The van der Waals surface area contributed by atoms with Gasteiger partial charge < -0.3 is 5.73 Å². The Hall–Kier alpha value is -0.460. The molecule has 1 aromatic heterocycles. The molecule has 0 saturated carbocycles. The van der Waals surface area contributed by atoms with E-state index < -0.39 is 9.84 Å². The standard InChI is InChI=1S/C10H16N2O2S2/c1-7(4-11)9-5-15-10(12-9)8-2-3-16(13,14)6-8/h5,7-8H,2-4,6,11H2,1H3. The summed E-state index contributed by atoms with van der Waals surface area (Å²) < 4.78 is 22.7. The van der Waals surface area contributed by atoms with Gasteiger partial charge >= 0.3 is 0 Å². The van der Waals surface area contributed by atoms with E-state index in [-0.39, 0.29) is 17.6 Å². The molecule has 1 aliphatic rings. The van der Waals surface area contributed by atoms with Crippen LogP contribution in [0, 0.1) is 0 Å². The summed E-state index contributed by atoms with van der Waals surface area (Å²) in [5, 5.41) is 2.95. The first-order chi connectivity index (χ1) is 7.52. The van der Waals surface area contributed by atoms with Crippen LogP contribution in [0.4, 0.5) is 0 Å². The highest BCUT2D eigenvalue weighted by molar-refractivity contribution is 7.91. The van der Waals surface area contributed by atoms with Crippen molar-refractivity contribution in [3.63, 3.8) is 0 Å². The van der Waals surface area contributed by atoms with Gasteiger partial charge in [0.05, 0.1) is 22.2 Å². The predicted octanol–water partition coefficient (Wildman–Crippen LogP) is 1.11. The molecule has 2 unspecified atom stereocenters. The first-order valence-corrected chi connectivity index (χ1v) is 8.08. The van der Waals surface area contributed by atoms with Crippen LogP contribution in [-0.4, -0.2) is 31.5 Å². The highest BCUT2D eigenvalue weighted by Gasteiger charge is 2.31. The van der Waals surface area contributed by atoms with E-state index in [1.54, 1.807) is 11.3 Å². The molecule has 0 amide bonds. The van der Waals surface area contributed by atoms with Gasteiger partial charge in [-0.15, -0.1) is 11.3 Å². The molecule has 6 heteroatoms. The molecule has 1 fully saturated rings. The first-order valence-electron chi connectivity index (χ1n) is 5.37. The van der Waals surface area contributed by atoms with Crippen LogP contribution < -0.4 is 5.73 Å². The Morgan fingerprint density at radius 2 is 2.44 bits per heavy atom. The molecule has 2 rings (SSSR count). The van der Waals surface area contributed by atoms with Crippen LogP contribution in [0.5, 0.6) is 0 Å². The SMILES string of the molecule is CC(CN)c1csc(C2CCS(=O)(=O)C2)n1. The maximum atomic E-state index is 11.4. The summed E-state index contributed by atoms with van der Waals surface area (Å²) in [6, 6.07) is 0. The highest BCUT2D eigenvalue weighted by Crippen LogP contribution is 2.32. The second-order valence-electron chi connectivity index (χ2n) is 4.35. The molecule has 1 aromatic rings. The zero-order valence-electron chi connectivity index (χ0n) is 9.22. The van der Waals surface area contributed by atoms with Crippen molar-refractivity contribution in [3.8, 4) is 0 Å². The summed E-state index contributed by atoms with van der Waals surface area (Å²) in [7, 11) is -2.82. The number of nitrogens with two attached hydrogens (primary N) is 1. The van der Waals surface area contributed by atoms with Gasteiger partial charge in [-0.25, -0.2) is 13.4 Å². The van der Waals surface area contributed by atoms with Gasteiger partial charge in [-0.05, 0) is 6.42 Å². The van der Waals surface area contributed by atoms with E-state index in [1.165, 1.54) is 0 Å². The highest BCUT2D eigenvalue weighted by atomic mass is 32.2. The van der Waals surface area contributed by atoms with Crippen molar-refractivity contribution in [1.29, 1.82) is 0 Å². The normalized spacial score (nSPS) is 25.8. The molecule has 0 aliphatic carbocycles. The van der Waals surface area contributed by atoms with Crippen molar-refractivity contribution in [2.75, 3.05) is 18.1 Å². The molecule has 2 atom stereocenters. The van der Waals surface area contributed by atoms with E-state index >= 15 is 0 Å². The Morgan fingerprint density at radius 1 is 1.69 bits per heavy atom. The molecule has 0 spiro atoms. The van der Waals surface area contributed by atoms with Crippen molar-refractivity contribution in [2.24, 2.45) is 5.73 Å². The monoisotopic (exact) mass is 260 g/mol. The number of nitrogens with zero attached hydrogens (tertiary/aromatic N) is 1. The molecule has 0 aromatic carbocycles.